The van der Waals surface area contributed by atoms with Crippen LogP contribution in [0.5, 0.6) is 0 Å². The fourth-order valence-electron chi connectivity index (χ4n) is 4.14. The predicted octanol–water partition coefficient (Wildman–Crippen LogP) is 5.73. The molecule has 0 radical (unpaired) electrons. The average Bonchev–Trinajstić information content (AvgIpc) is 3.14. The zero-order chi connectivity index (χ0) is 23.5. The normalized spacial score (nSPS) is 12.4. The van der Waals surface area contributed by atoms with Gasteiger partial charge in [-0.3, -0.25) is 4.79 Å². The molecule has 0 fully saturated rings. The second-order valence-corrected chi connectivity index (χ2v) is 9.15. The van der Waals surface area contributed by atoms with Crippen LogP contribution in [0.1, 0.15) is 55.1 Å². The molecule has 1 aliphatic carbocycles. The van der Waals surface area contributed by atoms with E-state index in [-0.39, 0.29) is 30.1 Å². The van der Waals surface area contributed by atoms with Gasteiger partial charge >= 0.3 is 5.97 Å². The van der Waals surface area contributed by atoms with Crippen molar-refractivity contribution >= 4 is 46.3 Å². The molecule has 2 aromatic carbocycles. The first kappa shape index (κ1) is 25.6. The number of aryl methyl sites for hydroxylation is 2. The van der Waals surface area contributed by atoms with Gasteiger partial charge in [-0.2, -0.15) is 0 Å². The summed E-state index contributed by atoms with van der Waals surface area (Å²) in [6.45, 7) is 0. The van der Waals surface area contributed by atoms with Crippen molar-refractivity contribution in [2.45, 2.75) is 38.5 Å². The van der Waals surface area contributed by atoms with Crippen LogP contribution in [-0.4, -0.2) is 19.0 Å². The van der Waals surface area contributed by atoms with Crippen molar-refractivity contribution in [2.24, 2.45) is 0 Å². The number of esters is 1. The first-order chi connectivity index (χ1) is 15.9. The highest BCUT2D eigenvalue weighted by Gasteiger charge is 2.24. The molecule has 0 aliphatic heterocycles. The summed E-state index contributed by atoms with van der Waals surface area (Å²) in [4.78, 5) is 25.5. The molecule has 180 valence electrons. The van der Waals surface area contributed by atoms with E-state index in [1.807, 2.05) is 0 Å². The average molecular weight is 507 g/mol. The van der Waals surface area contributed by atoms with Crippen LogP contribution in [0, 0.1) is 11.6 Å². The summed E-state index contributed by atoms with van der Waals surface area (Å²) in [5.74, 6) is -2.33. The van der Waals surface area contributed by atoms with E-state index in [1.165, 1.54) is 18.4 Å². The van der Waals surface area contributed by atoms with Crippen molar-refractivity contribution in [1.82, 2.24) is 0 Å². The molecular weight excluding hydrogens is 482 g/mol. The van der Waals surface area contributed by atoms with E-state index >= 15 is 0 Å². The Balaban J connectivity index is 0.00000324. The number of nitrogen functional groups attached to an aromatic ring is 1. The van der Waals surface area contributed by atoms with Crippen molar-refractivity contribution in [2.75, 3.05) is 18.2 Å². The molecule has 34 heavy (non-hydrogen) atoms. The van der Waals surface area contributed by atoms with Gasteiger partial charge in [0.05, 0.1) is 23.2 Å². The number of carbonyl (C=O) groups is 2. The molecule has 1 aromatic heterocycles. The summed E-state index contributed by atoms with van der Waals surface area (Å²) in [7, 11) is 1.30. The van der Waals surface area contributed by atoms with E-state index in [0.717, 1.165) is 53.8 Å². The van der Waals surface area contributed by atoms with Crippen molar-refractivity contribution in [3.63, 3.8) is 0 Å². The van der Waals surface area contributed by atoms with Crippen LogP contribution >= 0.6 is 23.7 Å². The Labute approximate surface area is 206 Å². The first-order valence-electron chi connectivity index (χ1n) is 10.7. The monoisotopic (exact) mass is 506 g/mol. The number of amides is 1. The predicted molar refractivity (Wildman–Crippen MR) is 132 cm³/mol. The molecule has 1 heterocycles. The lowest BCUT2D eigenvalue weighted by molar-refractivity contribution is 0.0600. The second-order valence-electron chi connectivity index (χ2n) is 8.01. The van der Waals surface area contributed by atoms with Crippen LogP contribution in [0.4, 0.5) is 19.5 Å². The third-order valence-electron chi connectivity index (χ3n) is 5.86. The number of halogens is 3. The molecule has 0 unspecified atom stereocenters. The van der Waals surface area contributed by atoms with Gasteiger partial charge in [-0.1, -0.05) is 12.1 Å². The maximum absolute atomic E-state index is 14.7. The number of ether oxygens (including phenoxy) is 1. The third kappa shape index (κ3) is 5.39. The van der Waals surface area contributed by atoms with Crippen LogP contribution in [0.25, 0.3) is 0 Å². The highest BCUT2D eigenvalue weighted by Crippen LogP contribution is 2.36. The van der Waals surface area contributed by atoms with Crippen molar-refractivity contribution in [3.05, 3.63) is 80.7 Å². The van der Waals surface area contributed by atoms with Crippen LogP contribution in [0.15, 0.2) is 36.4 Å². The van der Waals surface area contributed by atoms with Crippen molar-refractivity contribution < 1.29 is 23.1 Å². The third-order valence-corrected chi connectivity index (χ3v) is 6.98. The smallest absolute Gasteiger partial charge is 0.337 e. The van der Waals surface area contributed by atoms with Gasteiger partial charge in [-0.25, -0.2) is 13.6 Å². The van der Waals surface area contributed by atoms with Gasteiger partial charge in [-0.15, -0.1) is 23.7 Å². The molecule has 0 atom stereocenters. The second kappa shape index (κ2) is 11.0. The number of rotatable bonds is 6. The number of thiophene rings is 1. The highest BCUT2D eigenvalue weighted by molar-refractivity contribution is 7.16. The van der Waals surface area contributed by atoms with E-state index in [9.17, 15) is 18.4 Å². The van der Waals surface area contributed by atoms with Gasteiger partial charge in [0.25, 0.3) is 5.91 Å². The quantitative estimate of drug-likeness (QED) is 0.418. The maximum Gasteiger partial charge on any atom is 0.337 e. The number of nitrogens with two attached hydrogens (primary N) is 1. The number of hydrogen-bond acceptors (Lipinski definition) is 5. The summed E-state index contributed by atoms with van der Waals surface area (Å²) in [5, 5.41) is 3.04. The first-order valence-corrected chi connectivity index (χ1v) is 11.6. The fourth-order valence-corrected chi connectivity index (χ4v) is 5.30. The molecule has 5 nitrogen and oxygen atoms in total. The number of carbonyl (C=O) groups excluding carboxylic acids is 2. The molecule has 1 amide bonds. The Hall–Kier alpha value is -2.97. The minimum Gasteiger partial charge on any atom is -0.465 e. The Morgan fingerprint density at radius 1 is 1.06 bits per heavy atom. The Kier molecular flexibility index (Phi) is 8.28. The zero-order valence-corrected chi connectivity index (χ0v) is 20.2. The lowest BCUT2D eigenvalue weighted by Crippen LogP contribution is -2.16. The van der Waals surface area contributed by atoms with E-state index in [0.29, 0.717) is 22.5 Å². The maximum atomic E-state index is 14.7. The van der Waals surface area contributed by atoms with Crippen LogP contribution in [-0.2, 0) is 30.4 Å². The van der Waals surface area contributed by atoms with Gasteiger partial charge in [0.15, 0.2) is 0 Å². The van der Waals surface area contributed by atoms with Crippen LogP contribution in [0.3, 0.4) is 0 Å². The molecular formula is C25H25ClF2N2O3S. The SMILES string of the molecule is COC(=O)c1ccc(CCc2c(F)cc(NC(=O)c3c(N)sc4c3CCCC4)cc2F)cc1.Cl. The van der Waals surface area contributed by atoms with E-state index in [1.54, 1.807) is 24.3 Å². The molecule has 3 aromatic rings. The summed E-state index contributed by atoms with van der Waals surface area (Å²) < 4.78 is 34.1. The number of nitrogens with one attached hydrogen (secondary N) is 1. The molecule has 0 saturated carbocycles. The zero-order valence-electron chi connectivity index (χ0n) is 18.6. The summed E-state index contributed by atoms with van der Waals surface area (Å²) >= 11 is 1.42. The highest BCUT2D eigenvalue weighted by atomic mass is 35.5. The lowest BCUT2D eigenvalue weighted by atomic mass is 9.95. The van der Waals surface area contributed by atoms with Crippen molar-refractivity contribution in [1.29, 1.82) is 0 Å². The van der Waals surface area contributed by atoms with Crippen molar-refractivity contribution in [3.8, 4) is 0 Å². The standard InChI is InChI=1S/C25H24F2N2O3S.ClH/c1-32-25(31)15-9-6-14(7-10-15)8-11-17-19(26)12-16(13-20(17)27)29-24(30)22-18-4-2-3-5-21(18)33-23(22)28;/h6-7,9-10,12-13H,2-5,8,11,28H2,1H3,(H,29,30);1H. The minimum atomic E-state index is -0.725. The molecule has 0 spiro atoms. The van der Waals surface area contributed by atoms with E-state index in [2.05, 4.69) is 10.1 Å². The van der Waals surface area contributed by atoms with Gasteiger partial charge in [0, 0.05) is 16.1 Å². The molecule has 3 N–H and O–H groups in total. The van der Waals surface area contributed by atoms with Crippen LogP contribution < -0.4 is 11.1 Å². The topological polar surface area (TPSA) is 81.4 Å². The number of fused-ring (bicyclic) bond motifs is 1. The van der Waals surface area contributed by atoms with Crippen LogP contribution in [0.2, 0.25) is 0 Å². The largest absolute Gasteiger partial charge is 0.465 e. The molecule has 9 heteroatoms. The minimum absolute atomic E-state index is 0. The van der Waals surface area contributed by atoms with Gasteiger partial charge < -0.3 is 15.8 Å². The summed E-state index contributed by atoms with van der Waals surface area (Å²) in [6.07, 6.45) is 4.27. The number of methoxy groups -OCH3 is 1. The molecule has 0 saturated heterocycles. The van der Waals surface area contributed by atoms with E-state index in [4.69, 9.17) is 5.73 Å². The Morgan fingerprint density at radius 2 is 1.71 bits per heavy atom. The summed E-state index contributed by atoms with van der Waals surface area (Å²) in [6, 6.07) is 8.94. The van der Waals surface area contributed by atoms with Gasteiger partial charge in [-0.05, 0) is 73.9 Å². The van der Waals surface area contributed by atoms with E-state index < -0.39 is 23.5 Å². The Morgan fingerprint density at radius 3 is 2.35 bits per heavy atom. The molecule has 0 bridgehead atoms. The Bertz CT molecular complexity index is 1190. The molecule has 1 aliphatic rings. The summed E-state index contributed by atoms with van der Waals surface area (Å²) in [5.41, 5.74) is 8.69. The molecule has 4 rings (SSSR count). The number of benzene rings is 2. The van der Waals surface area contributed by atoms with Gasteiger partial charge in [0.1, 0.15) is 11.6 Å². The number of hydrogen-bond donors (Lipinski definition) is 2. The van der Waals surface area contributed by atoms with Gasteiger partial charge in [0.2, 0.25) is 0 Å². The fraction of sp³-hybridized carbons (Fsp3) is 0.280. The number of anilines is 2. The lowest BCUT2D eigenvalue weighted by Gasteiger charge is -2.13.